The molecular formula is C17H26N2O3. The number of ether oxygens (including phenoxy) is 1. The van der Waals surface area contributed by atoms with Gasteiger partial charge in [0.15, 0.2) is 0 Å². The summed E-state index contributed by atoms with van der Waals surface area (Å²) < 4.78 is 5.15. The first kappa shape index (κ1) is 18.2. The van der Waals surface area contributed by atoms with Gasteiger partial charge in [-0.25, -0.2) is 0 Å². The maximum Gasteiger partial charge on any atom is 0.308 e. The molecule has 0 aliphatic carbocycles. The van der Waals surface area contributed by atoms with Crippen LogP contribution in [0.4, 0.5) is 5.69 Å². The number of carbonyl (C=O) groups is 2. The summed E-state index contributed by atoms with van der Waals surface area (Å²) in [5.41, 5.74) is 7.02. The summed E-state index contributed by atoms with van der Waals surface area (Å²) in [6.45, 7) is 9.51. The molecule has 0 bridgehead atoms. The molecule has 0 heterocycles. The Kier molecular flexibility index (Phi) is 6.11. The van der Waals surface area contributed by atoms with Gasteiger partial charge in [-0.3, -0.25) is 9.59 Å². The second-order valence-corrected chi connectivity index (χ2v) is 6.66. The molecule has 0 fully saturated rings. The number of nitrogens with two attached hydrogens (primary N) is 1. The molecule has 0 saturated carbocycles. The molecule has 0 unspecified atom stereocenters. The summed E-state index contributed by atoms with van der Waals surface area (Å²) in [6, 6.07) is 6.64. The molecule has 0 spiro atoms. The number of amides is 1. The average Bonchev–Trinajstić information content (AvgIpc) is 2.36. The molecule has 5 heteroatoms. The van der Waals surface area contributed by atoms with Crippen LogP contribution in [-0.2, 0) is 14.3 Å². The lowest BCUT2D eigenvalue weighted by molar-refractivity contribution is -0.155. The highest BCUT2D eigenvalue weighted by molar-refractivity contribution is 5.96. The molecule has 1 amide bonds. The summed E-state index contributed by atoms with van der Waals surface area (Å²) in [7, 11) is 0. The zero-order valence-corrected chi connectivity index (χ0v) is 14.0. The Morgan fingerprint density at radius 2 is 1.73 bits per heavy atom. The molecule has 22 heavy (non-hydrogen) atoms. The summed E-state index contributed by atoms with van der Waals surface area (Å²) in [6.07, 6.45) is -0.146. The number of hydrogen-bond donors (Lipinski definition) is 2. The SMILES string of the molecule is CC(C)c1ccc(NC(=O)[C@@H](N)CC(=O)OC(C)(C)C)cc1. The molecule has 1 atom stereocenters. The maximum atomic E-state index is 12.0. The molecule has 0 aromatic heterocycles. The standard InChI is InChI=1S/C17H26N2O3/c1-11(2)12-6-8-13(9-7-12)19-16(21)14(18)10-15(20)22-17(3,4)5/h6-9,11,14H,10,18H2,1-5H3,(H,19,21)/t14-/m0/s1. The smallest absolute Gasteiger partial charge is 0.308 e. The first-order valence-electron chi connectivity index (χ1n) is 7.47. The van der Waals surface area contributed by atoms with Crippen molar-refractivity contribution in [3.8, 4) is 0 Å². The number of hydrogen-bond acceptors (Lipinski definition) is 4. The van der Waals surface area contributed by atoms with Gasteiger partial charge in [0.2, 0.25) is 5.91 Å². The van der Waals surface area contributed by atoms with E-state index >= 15 is 0 Å². The Bertz CT molecular complexity index is 516. The number of benzene rings is 1. The third kappa shape index (κ3) is 6.26. The van der Waals surface area contributed by atoms with Gasteiger partial charge in [0.05, 0.1) is 12.5 Å². The zero-order valence-electron chi connectivity index (χ0n) is 14.0. The minimum absolute atomic E-state index is 0.146. The van der Waals surface area contributed by atoms with Crippen molar-refractivity contribution >= 4 is 17.6 Å². The van der Waals surface area contributed by atoms with E-state index in [9.17, 15) is 9.59 Å². The number of carbonyl (C=O) groups excluding carboxylic acids is 2. The number of esters is 1. The number of nitrogens with one attached hydrogen (secondary N) is 1. The predicted octanol–water partition coefficient (Wildman–Crippen LogP) is 2.81. The van der Waals surface area contributed by atoms with E-state index in [0.717, 1.165) is 0 Å². The molecule has 5 nitrogen and oxygen atoms in total. The Hall–Kier alpha value is -1.88. The average molecular weight is 306 g/mol. The lowest BCUT2D eigenvalue weighted by Crippen LogP contribution is -2.39. The van der Waals surface area contributed by atoms with E-state index in [2.05, 4.69) is 19.2 Å². The van der Waals surface area contributed by atoms with E-state index in [4.69, 9.17) is 10.5 Å². The quantitative estimate of drug-likeness (QED) is 0.820. The summed E-state index contributed by atoms with van der Waals surface area (Å²) >= 11 is 0. The summed E-state index contributed by atoms with van der Waals surface area (Å²) in [5.74, 6) is -0.451. The molecule has 1 aromatic carbocycles. The van der Waals surface area contributed by atoms with Crippen LogP contribution < -0.4 is 11.1 Å². The zero-order chi connectivity index (χ0) is 16.9. The molecular weight excluding hydrogens is 280 g/mol. The highest BCUT2D eigenvalue weighted by Gasteiger charge is 2.22. The molecule has 1 aromatic rings. The first-order valence-corrected chi connectivity index (χ1v) is 7.47. The van der Waals surface area contributed by atoms with E-state index in [1.807, 2.05) is 24.3 Å². The van der Waals surface area contributed by atoms with Crippen molar-refractivity contribution in [3.63, 3.8) is 0 Å². The van der Waals surface area contributed by atoms with Crippen LogP contribution in [0.15, 0.2) is 24.3 Å². The fourth-order valence-electron chi connectivity index (χ4n) is 1.84. The minimum atomic E-state index is -0.931. The van der Waals surface area contributed by atoms with E-state index in [0.29, 0.717) is 11.6 Å². The van der Waals surface area contributed by atoms with Gasteiger partial charge in [-0.2, -0.15) is 0 Å². The van der Waals surface area contributed by atoms with Gasteiger partial charge in [-0.15, -0.1) is 0 Å². The van der Waals surface area contributed by atoms with Crippen LogP contribution in [0.1, 0.15) is 52.5 Å². The normalized spacial score (nSPS) is 12.9. The summed E-state index contributed by atoms with van der Waals surface area (Å²) in [5, 5.41) is 2.70. The van der Waals surface area contributed by atoms with Gasteiger partial charge in [0.25, 0.3) is 0 Å². The van der Waals surface area contributed by atoms with Crippen LogP contribution in [0.25, 0.3) is 0 Å². The van der Waals surface area contributed by atoms with E-state index < -0.39 is 23.5 Å². The highest BCUT2D eigenvalue weighted by atomic mass is 16.6. The van der Waals surface area contributed by atoms with E-state index in [1.165, 1.54) is 5.56 Å². The molecule has 0 radical (unpaired) electrons. The van der Waals surface area contributed by atoms with Crippen LogP contribution in [0.3, 0.4) is 0 Å². The van der Waals surface area contributed by atoms with Crippen LogP contribution >= 0.6 is 0 Å². The topological polar surface area (TPSA) is 81.4 Å². The molecule has 0 aliphatic heterocycles. The third-order valence-electron chi connectivity index (χ3n) is 2.99. The maximum absolute atomic E-state index is 12.0. The largest absolute Gasteiger partial charge is 0.460 e. The van der Waals surface area contributed by atoms with E-state index in [1.54, 1.807) is 20.8 Å². The van der Waals surface area contributed by atoms with E-state index in [-0.39, 0.29) is 6.42 Å². The molecule has 3 N–H and O–H groups in total. The van der Waals surface area contributed by atoms with Crippen LogP contribution in [-0.4, -0.2) is 23.5 Å². The molecule has 0 aliphatic rings. The Morgan fingerprint density at radius 1 is 1.18 bits per heavy atom. The first-order chi connectivity index (χ1) is 10.1. The Labute approximate surface area is 132 Å². The Balaban J connectivity index is 2.55. The van der Waals surface area contributed by atoms with Crippen molar-refractivity contribution < 1.29 is 14.3 Å². The lowest BCUT2D eigenvalue weighted by atomic mass is 10.0. The van der Waals surface area contributed by atoms with Gasteiger partial charge in [-0.05, 0) is 44.4 Å². The van der Waals surface area contributed by atoms with Crippen LogP contribution in [0.2, 0.25) is 0 Å². The van der Waals surface area contributed by atoms with Gasteiger partial charge in [-0.1, -0.05) is 26.0 Å². The fourth-order valence-corrected chi connectivity index (χ4v) is 1.84. The summed E-state index contributed by atoms with van der Waals surface area (Å²) in [4.78, 5) is 23.7. The molecule has 122 valence electrons. The van der Waals surface area contributed by atoms with Crippen molar-refractivity contribution in [1.82, 2.24) is 0 Å². The monoisotopic (exact) mass is 306 g/mol. The van der Waals surface area contributed by atoms with Gasteiger partial charge in [0.1, 0.15) is 5.60 Å². The lowest BCUT2D eigenvalue weighted by Gasteiger charge is -2.20. The molecule has 0 saturated heterocycles. The predicted molar refractivity (Wildman–Crippen MR) is 87.6 cm³/mol. The Morgan fingerprint density at radius 3 is 2.18 bits per heavy atom. The van der Waals surface area contributed by atoms with Crippen LogP contribution in [0.5, 0.6) is 0 Å². The molecule has 1 rings (SSSR count). The van der Waals surface area contributed by atoms with Gasteiger partial charge >= 0.3 is 5.97 Å². The van der Waals surface area contributed by atoms with Gasteiger partial charge in [0, 0.05) is 5.69 Å². The number of anilines is 1. The van der Waals surface area contributed by atoms with Crippen molar-refractivity contribution in [2.75, 3.05) is 5.32 Å². The second kappa shape index (κ2) is 7.40. The third-order valence-corrected chi connectivity index (χ3v) is 2.99. The minimum Gasteiger partial charge on any atom is -0.460 e. The van der Waals surface area contributed by atoms with Crippen molar-refractivity contribution in [2.45, 2.75) is 58.6 Å². The van der Waals surface area contributed by atoms with Gasteiger partial charge < -0.3 is 15.8 Å². The number of rotatable bonds is 5. The van der Waals surface area contributed by atoms with Crippen molar-refractivity contribution in [3.05, 3.63) is 29.8 Å². The highest BCUT2D eigenvalue weighted by Crippen LogP contribution is 2.17. The fraction of sp³-hybridized carbons (Fsp3) is 0.529. The van der Waals surface area contributed by atoms with Crippen molar-refractivity contribution in [1.29, 1.82) is 0 Å². The second-order valence-electron chi connectivity index (χ2n) is 6.66. The van der Waals surface area contributed by atoms with Crippen LogP contribution in [0, 0.1) is 0 Å². The van der Waals surface area contributed by atoms with Crippen molar-refractivity contribution in [2.24, 2.45) is 5.73 Å².